The maximum absolute atomic E-state index is 6.02. The second-order valence-corrected chi connectivity index (χ2v) is 4.27. The number of halogens is 1. The molecule has 0 saturated carbocycles. The van der Waals surface area contributed by atoms with E-state index >= 15 is 0 Å². The summed E-state index contributed by atoms with van der Waals surface area (Å²) in [5, 5.41) is 0.646. The van der Waals surface area contributed by atoms with Crippen LogP contribution in [0.4, 0.5) is 0 Å². The van der Waals surface area contributed by atoms with Crippen molar-refractivity contribution in [2.75, 3.05) is 20.3 Å². The molecule has 1 aromatic rings. The smallest absolute Gasteiger partial charge is 0.164 e. The molecule has 0 radical (unpaired) electrons. The Kier molecular flexibility index (Phi) is 6.16. The molecule has 96 valence electrons. The van der Waals surface area contributed by atoms with Crippen LogP contribution in [0.25, 0.3) is 0 Å². The van der Waals surface area contributed by atoms with Gasteiger partial charge in [0.2, 0.25) is 0 Å². The quantitative estimate of drug-likeness (QED) is 0.764. The summed E-state index contributed by atoms with van der Waals surface area (Å²) in [5.41, 5.74) is 6.59. The van der Waals surface area contributed by atoms with Crippen LogP contribution < -0.4 is 15.2 Å². The van der Waals surface area contributed by atoms with Crippen LogP contribution in [-0.4, -0.2) is 20.3 Å². The third-order valence-electron chi connectivity index (χ3n) is 2.47. The molecule has 4 heteroatoms. The van der Waals surface area contributed by atoms with Gasteiger partial charge in [-0.1, -0.05) is 24.9 Å². The summed E-state index contributed by atoms with van der Waals surface area (Å²) in [5.74, 6) is 1.45. The molecule has 0 atom stereocenters. The number of hydrogen-bond acceptors (Lipinski definition) is 3. The molecular formula is C13H20ClNO2. The van der Waals surface area contributed by atoms with Gasteiger partial charge in [0.05, 0.1) is 13.7 Å². The van der Waals surface area contributed by atoms with Crippen LogP contribution in [-0.2, 0) is 6.42 Å². The molecule has 3 nitrogen and oxygen atoms in total. The normalized spacial score (nSPS) is 10.4. The molecule has 1 rings (SSSR count). The van der Waals surface area contributed by atoms with Crippen molar-refractivity contribution in [3.8, 4) is 11.5 Å². The Balaban J connectivity index is 2.94. The Labute approximate surface area is 108 Å². The second-order valence-electron chi connectivity index (χ2n) is 3.84. The molecule has 0 aliphatic heterocycles. The van der Waals surface area contributed by atoms with E-state index < -0.39 is 0 Å². The lowest BCUT2D eigenvalue weighted by Crippen LogP contribution is -2.07. The highest BCUT2D eigenvalue weighted by Gasteiger charge is 2.12. The summed E-state index contributed by atoms with van der Waals surface area (Å²) >= 11 is 6.02. The van der Waals surface area contributed by atoms with Gasteiger partial charge in [-0.05, 0) is 25.5 Å². The molecule has 0 unspecified atom stereocenters. The SMILES string of the molecule is CCCCOc1c(CCN)cc(Cl)cc1OC. The Hall–Kier alpha value is -0.930. The zero-order chi connectivity index (χ0) is 12.7. The first-order chi connectivity index (χ1) is 8.22. The minimum absolute atomic E-state index is 0.563. The number of rotatable bonds is 7. The first-order valence-corrected chi connectivity index (χ1v) is 6.30. The number of methoxy groups -OCH3 is 1. The van der Waals surface area contributed by atoms with Crippen LogP contribution >= 0.6 is 11.6 Å². The highest BCUT2D eigenvalue weighted by atomic mass is 35.5. The molecule has 0 spiro atoms. The van der Waals surface area contributed by atoms with Crippen LogP contribution in [0, 0.1) is 0 Å². The van der Waals surface area contributed by atoms with Crippen molar-refractivity contribution < 1.29 is 9.47 Å². The van der Waals surface area contributed by atoms with E-state index in [4.69, 9.17) is 26.8 Å². The van der Waals surface area contributed by atoms with E-state index in [1.807, 2.05) is 6.07 Å². The predicted octanol–water partition coefficient (Wildman–Crippen LogP) is 3.03. The monoisotopic (exact) mass is 257 g/mol. The summed E-state index contributed by atoms with van der Waals surface area (Å²) in [7, 11) is 1.62. The van der Waals surface area contributed by atoms with E-state index in [2.05, 4.69) is 6.92 Å². The average Bonchev–Trinajstić information content (AvgIpc) is 2.31. The van der Waals surface area contributed by atoms with Crippen LogP contribution in [0.3, 0.4) is 0 Å². The number of ether oxygens (including phenoxy) is 2. The molecular weight excluding hydrogens is 238 g/mol. The molecule has 2 N–H and O–H groups in total. The third-order valence-corrected chi connectivity index (χ3v) is 2.69. The van der Waals surface area contributed by atoms with Crippen LogP contribution in [0.5, 0.6) is 11.5 Å². The molecule has 0 fully saturated rings. The molecule has 0 aliphatic rings. The zero-order valence-corrected chi connectivity index (χ0v) is 11.2. The van der Waals surface area contributed by atoms with Crippen molar-refractivity contribution in [2.45, 2.75) is 26.2 Å². The zero-order valence-electron chi connectivity index (χ0n) is 10.5. The largest absolute Gasteiger partial charge is 0.493 e. The number of unbranched alkanes of at least 4 members (excludes halogenated alkanes) is 1. The van der Waals surface area contributed by atoms with Crippen LogP contribution in [0.15, 0.2) is 12.1 Å². The molecule has 1 aromatic carbocycles. The van der Waals surface area contributed by atoms with Crippen molar-refractivity contribution >= 4 is 11.6 Å². The van der Waals surface area contributed by atoms with Crippen LogP contribution in [0.1, 0.15) is 25.3 Å². The van der Waals surface area contributed by atoms with Gasteiger partial charge in [-0.3, -0.25) is 0 Å². The molecule has 0 saturated heterocycles. The van der Waals surface area contributed by atoms with Crippen molar-refractivity contribution in [3.63, 3.8) is 0 Å². The van der Waals surface area contributed by atoms with E-state index in [0.717, 1.165) is 30.6 Å². The molecule has 17 heavy (non-hydrogen) atoms. The molecule has 0 heterocycles. The van der Waals surface area contributed by atoms with Gasteiger partial charge < -0.3 is 15.2 Å². The van der Waals surface area contributed by atoms with Gasteiger partial charge in [-0.2, -0.15) is 0 Å². The summed E-state index contributed by atoms with van der Waals surface area (Å²) in [6.45, 7) is 3.38. The highest BCUT2D eigenvalue weighted by Crippen LogP contribution is 2.35. The fraction of sp³-hybridized carbons (Fsp3) is 0.538. The topological polar surface area (TPSA) is 44.5 Å². The van der Waals surface area contributed by atoms with E-state index in [9.17, 15) is 0 Å². The van der Waals surface area contributed by atoms with E-state index in [1.54, 1.807) is 13.2 Å². The number of benzene rings is 1. The molecule has 0 bridgehead atoms. The lowest BCUT2D eigenvalue weighted by atomic mass is 10.1. The Morgan fingerprint density at radius 3 is 2.71 bits per heavy atom. The summed E-state index contributed by atoms with van der Waals surface area (Å²) in [4.78, 5) is 0. The van der Waals surface area contributed by atoms with Crippen molar-refractivity contribution in [1.82, 2.24) is 0 Å². The Morgan fingerprint density at radius 1 is 1.35 bits per heavy atom. The fourth-order valence-electron chi connectivity index (χ4n) is 1.60. The van der Waals surface area contributed by atoms with Gasteiger partial charge in [-0.15, -0.1) is 0 Å². The van der Waals surface area contributed by atoms with Crippen molar-refractivity contribution in [2.24, 2.45) is 5.73 Å². The van der Waals surface area contributed by atoms with Gasteiger partial charge in [-0.25, -0.2) is 0 Å². The first-order valence-electron chi connectivity index (χ1n) is 5.92. The summed E-state index contributed by atoms with van der Waals surface area (Å²) in [6.07, 6.45) is 2.86. The average molecular weight is 258 g/mol. The number of hydrogen-bond donors (Lipinski definition) is 1. The lowest BCUT2D eigenvalue weighted by Gasteiger charge is -2.15. The van der Waals surface area contributed by atoms with Gasteiger partial charge in [0.1, 0.15) is 0 Å². The maximum atomic E-state index is 6.02. The fourth-order valence-corrected chi connectivity index (χ4v) is 1.83. The van der Waals surface area contributed by atoms with Crippen LogP contribution in [0.2, 0.25) is 5.02 Å². The van der Waals surface area contributed by atoms with Gasteiger partial charge >= 0.3 is 0 Å². The summed E-state index contributed by atoms with van der Waals surface area (Å²) < 4.78 is 11.1. The minimum atomic E-state index is 0.563. The third kappa shape index (κ3) is 4.10. The first kappa shape index (κ1) is 14.1. The van der Waals surface area contributed by atoms with Gasteiger partial charge in [0.25, 0.3) is 0 Å². The lowest BCUT2D eigenvalue weighted by molar-refractivity contribution is 0.285. The summed E-state index contributed by atoms with van der Waals surface area (Å²) in [6, 6.07) is 3.65. The molecule has 0 amide bonds. The maximum Gasteiger partial charge on any atom is 0.164 e. The minimum Gasteiger partial charge on any atom is -0.493 e. The second kappa shape index (κ2) is 7.41. The molecule has 0 aliphatic carbocycles. The Morgan fingerprint density at radius 2 is 2.12 bits per heavy atom. The Bertz CT molecular complexity index is 356. The van der Waals surface area contributed by atoms with Crippen molar-refractivity contribution in [3.05, 3.63) is 22.7 Å². The highest BCUT2D eigenvalue weighted by molar-refractivity contribution is 6.30. The van der Waals surface area contributed by atoms with Crippen molar-refractivity contribution in [1.29, 1.82) is 0 Å². The standard InChI is InChI=1S/C13H20ClNO2/c1-3-4-7-17-13-10(5-6-15)8-11(14)9-12(13)16-2/h8-9H,3-7,15H2,1-2H3. The molecule has 0 aromatic heterocycles. The van der Waals surface area contributed by atoms with E-state index in [1.165, 1.54) is 0 Å². The van der Waals surface area contributed by atoms with Gasteiger partial charge in [0.15, 0.2) is 11.5 Å². The van der Waals surface area contributed by atoms with Gasteiger partial charge in [0, 0.05) is 16.7 Å². The van der Waals surface area contributed by atoms with E-state index in [0.29, 0.717) is 23.9 Å². The predicted molar refractivity (Wildman–Crippen MR) is 71.2 cm³/mol. The number of nitrogens with two attached hydrogens (primary N) is 1. The van der Waals surface area contributed by atoms with E-state index in [-0.39, 0.29) is 0 Å².